The Morgan fingerprint density at radius 1 is 0.512 bits per heavy atom. The van der Waals surface area contributed by atoms with Crippen LogP contribution in [-0.4, -0.2) is 99.6 Å². The van der Waals surface area contributed by atoms with E-state index in [0.29, 0.717) is 51.1 Å². The lowest BCUT2D eigenvalue weighted by molar-refractivity contribution is -0.140. The second kappa shape index (κ2) is 21.0. The molecule has 12 nitrogen and oxygen atoms in total. The van der Waals surface area contributed by atoms with Gasteiger partial charge in [0, 0.05) is 12.2 Å². The van der Waals surface area contributed by atoms with Gasteiger partial charge in [-0.1, -0.05) is 13.2 Å². The largest absolute Gasteiger partial charge is 0.491 e. The van der Waals surface area contributed by atoms with Crippen LogP contribution in [-0.2, 0) is 47.8 Å². The van der Waals surface area contributed by atoms with Gasteiger partial charge in [-0.25, -0.2) is 18.0 Å². The van der Waals surface area contributed by atoms with Crippen LogP contribution in [0.25, 0.3) is 0 Å². The van der Waals surface area contributed by atoms with Crippen molar-refractivity contribution in [3.63, 3.8) is 0 Å². The van der Waals surface area contributed by atoms with Gasteiger partial charge in [0.25, 0.3) is 0 Å². The average Bonchev–Trinajstić information content (AvgIpc) is 3.02. The minimum atomic E-state index is -3.72. The molecule has 0 radical (unpaired) electrons. The number of ether oxygens (including phenoxy) is 8. The first-order chi connectivity index (χ1) is 20.9. The van der Waals surface area contributed by atoms with Crippen LogP contribution in [0.15, 0.2) is 83.6 Å². The maximum atomic E-state index is 13.0. The Morgan fingerprint density at radius 2 is 0.814 bits per heavy atom. The Morgan fingerprint density at radius 3 is 1.14 bits per heavy atom. The van der Waals surface area contributed by atoms with Crippen molar-refractivity contribution in [2.75, 3.05) is 79.3 Å². The molecule has 2 aromatic rings. The van der Waals surface area contributed by atoms with Crippen LogP contribution in [0.1, 0.15) is 0 Å². The van der Waals surface area contributed by atoms with Crippen LogP contribution >= 0.6 is 0 Å². The molecule has 0 aliphatic rings. The Hall–Kier alpha value is -3.75. The van der Waals surface area contributed by atoms with Gasteiger partial charge in [0.15, 0.2) is 0 Å². The molecule has 0 fully saturated rings. The van der Waals surface area contributed by atoms with Crippen molar-refractivity contribution in [2.24, 2.45) is 0 Å². The average molecular weight is 623 g/mol. The highest BCUT2D eigenvalue weighted by Crippen LogP contribution is 2.25. The van der Waals surface area contributed by atoms with E-state index in [0.717, 1.165) is 12.2 Å². The number of benzene rings is 2. The molecule has 0 saturated heterocycles. The Labute approximate surface area is 252 Å². The van der Waals surface area contributed by atoms with Gasteiger partial charge in [-0.3, -0.25) is 0 Å². The molecule has 0 unspecified atom stereocenters. The third-order valence-electron chi connectivity index (χ3n) is 5.28. The Bertz CT molecular complexity index is 1120. The van der Waals surface area contributed by atoms with Gasteiger partial charge < -0.3 is 37.9 Å². The number of sulfone groups is 1. The molecule has 0 N–H and O–H groups in total. The summed E-state index contributed by atoms with van der Waals surface area (Å²) in [5.41, 5.74) is 0. The van der Waals surface area contributed by atoms with Crippen LogP contribution < -0.4 is 9.47 Å². The van der Waals surface area contributed by atoms with Crippen molar-refractivity contribution < 1.29 is 55.9 Å². The van der Waals surface area contributed by atoms with Crippen LogP contribution in [0.2, 0.25) is 0 Å². The molecule has 2 rings (SSSR count). The number of carbonyl (C=O) groups excluding carboxylic acids is 2. The maximum absolute atomic E-state index is 13.0. The lowest BCUT2D eigenvalue weighted by Crippen LogP contribution is -2.13. The van der Waals surface area contributed by atoms with Crippen molar-refractivity contribution in [1.82, 2.24) is 0 Å². The molecular weight excluding hydrogens is 584 g/mol. The number of esters is 2. The molecule has 0 saturated carbocycles. The third kappa shape index (κ3) is 14.8. The summed E-state index contributed by atoms with van der Waals surface area (Å²) in [6.45, 7) is 10.0. The van der Waals surface area contributed by atoms with Crippen molar-refractivity contribution >= 4 is 21.8 Å². The van der Waals surface area contributed by atoms with Gasteiger partial charge in [0.05, 0.1) is 62.6 Å². The fraction of sp³-hybridized carbons (Fsp3) is 0.400. The van der Waals surface area contributed by atoms with Crippen molar-refractivity contribution in [2.45, 2.75) is 9.79 Å². The molecule has 13 heteroatoms. The molecule has 0 atom stereocenters. The van der Waals surface area contributed by atoms with E-state index in [1.165, 1.54) is 24.3 Å². The monoisotopic (exact) mass is 622 g/mol. The molecule has 0 aromatic heterocycles. The van der Waals surface area contributed by atoms with Crippen LogP contribution in [0, 0.1) is 0 Å². The summed E-state index contributed by atoms with van der Waals surface area (Å²) >= 11 is 0. The summed E-state index contributed by atoms with van der Waals surface area (Å²) in [7, 11) is -3.72. The van der Waals surface area contributed by atoms with Crippen LogP contribution in [0.5, 0.6) is 11.5 Å². The van der Waals surface area contributed by atoms with E-state index in [4.69, 9.17) is 37.9 Å². The molecule has 0 heterocycles. The summed E-state index contributed by atoms with van der Waals surface area (Å²) in [6, 6.07) is 12.3. The van der Waals surface area contributed by atoms with Gasteiger partial charge in [-0.2, -0.15) is 0 Å². The molecule has 0 bridgehead atoms. The zero-order valence-corrected chi connectivity index (χ0v) is 24.8. The minimum absolute atomic E-state index is 0.134. The predicted molar refractivity (Wildman–Crippen MR) is 155 cm³/mol. The molecule has 0 aliphatic heterocycles. The van der Waals surface area contributed by atoms with Gasteiger partial charge in [0.2, 0.25) is 9.84 Å². The normalized spacial score (nSPS) is 11.0. The van der Waals surface area contributed by atoms with E-state index in [-0.39, 0.29) is 49.4 Å². The van der Waals surface area contributed by atoms with Gasteiger partial charge in [-0.05, 0) is 48.5 Å². The second-order valence-corrected chi connectivity index (χ2v) is 10.3. The predicted octanol–water partition coefficient (Wildman–Crippen LogP) is 2.80. The highest BCUT2D eigenvalue weighted by Gasteiger charge is 2.17. The van der Waals surface area contributed by atoms with Gasteiger partial charge in [0.1, 0.15) is 37.9 Å². The van der Waals surface area contributed by atoms with Crippen LogP contribution in [0.3, 0.4) is 0 Å². The standard InChI is InChI=1S/C30H38O12S/c1-3-29(31)41-23-19-37-15-13-35-17-21-39-25-5-9-27(10-6-25)43(33,34)28-11-7-26(8-12-28)40-22-18-36-14-16-38-20-24-42-30(32)4-2/h3-12H,1-2,13-24H2. The van der Waals surface area contributed by atoms with Crippen molar-refractivity contribution in [3.05, 3.63) is 73.8 Å². The van der Waals surface area contributed by atoms with Crippen molar-refractivity contribution in [1.29, 1.82) is 0 Å². The fourth-order valence-corrected chi connectivity index (χ4v) is 4.43. The van der Waals surface area contributed by atoms with E-state index in [1.54, 1.807) is 24.3 Å². The quantitative estimate of drug-likeness (QED) is 0.0965. The number of hydrogen-bond donors (Lipinski definition) is 0. The first kappa shape index (κ1) is 35.4. The Kier molecular flexibility index (Phi) is 17.3. The van der Waals surface area contributed by atoms with E-state index < -0.39 is 21.8 Å². The van der Waals surface area contributed by atoms with Gasteiger partial charge in [-0.15, -0.1) is 0 Å². The molecule has 0 amide bonds. The molecule has 2 aromatic carbocycles. The maximum Gasteiger partial charge on any atom is 0.330 e. The summed E-state index contributed by atoms with van der Waals surface area (Å²) < 4.78 is 68.1. The van der Waals surface area contributed by atoms with Crippen LogP contribution in [0.4, 0.5) is 0 Å². The topological polar surface area (TPSA) is 142 Å². The summed E-state index contributed by atoms with van der Waals surface area (Å²) in [4.78, 5) is 22.0. The zero-order valence-electron chi connectivity index (χ0n) is 24.0. The first-order valence-corrected chi connectivity index (χ1v) is 15.0. The minimum Gasteiger partial charge on any atom is -0.491 e. The zero-order chi connectivity index (χ0) is 31.2. The number of carbonyl (C=O) groups is 2. The van der Waals surface area contributed by atoms with Crippen molar-refractivity contribution in [3.8, 4) is 11.5 Å². The Balaban J connectivity index is 1.60. The molecular formula is C30H38O12S. The second-order valence-electron chi connectivity index (χ2n) is 8.34. The third-order valence-corrected chi connectivity index (χ3v) is 7.07. The van der Waals surface area contributed by atoms with E-state index in [1.807, 2.05) is 0 Å². The fourth-order valence-electron chi connectivity index (χ4n) is 3.17. The number of hydrogen-bond acceptors (Lipinski definition) is 12. The number of rotatable bonds is 24. The van der Waals surface area contributed by atoms with E-state index in [2.05, 4.69) is 13.2 Å². The highest BCUT2D eigenvalue weighted by molar-refractivity contribution is 7.91. The molecule has 236 valence electrons. The molecule has 43 heavy (non-hydrogen) atoms. The molecule has 0 spiro atoms. The highest BCUT2D eigenvalue weighted by atomic mass is 32.2. The molecule has 0 aliphatic carbocycles. The lowest BCUT2D eigenvalue weighted by atomic mass is 10.3. The summed E-state index contributed by atoms with van der Waals surface area (Å²) in [5.74, 6) is 0.0269. The SMILES string of the molecule is C=CC(=O)OCCOCCOCCOc1ccc(S(=O)(=O)c2ccc(OCCOCCOCCOC(=O)C=C)cc2)cc1. The smallest absolute Gasteiger partial charge is 0.330 e. The lowest BCUT2D eigenvalue weighted by Gasteiger charge is -2.10. The summed E-state index contributed by atoms with van der Waals surface area (Å²) in [5, 5.41) is 0. The first-order valence-electron chi connectivity index (χ1n) is 13.5. The van der Waals surface area contributed by atoms with Gasteiger partial charge >= 0.3 is 11.9 Å². The summed E-state index contributed by atoms with van der Waals surface area (Å²) in [6.07, 6.45) is 2.17. The van der Waals surface area contributed by atoms with E-state index >= 15 is 0 Å². The van der Waals surface area contributed by atoms with E-state index in [9.17, 15) is 18.0 Å².